The van der Waals surface area contributed by atoms with Crippen molar-refractivity contribution in [1.82, 2.24) is 9.62 Å². The molecule has 20 heavy (non-hydrogen) atoms. The molecule has 2 aliphatic rings. The molecule has 1 aromatic heterocycles. The van der Waals surface area contributed by atoms with E-state index < -0.39 is 10.0 Å². The van der Waals surface area contributed by atoms with Crippen molar-refractivity contribution < 1.29 is 8.42 Å². The first-order valence-corrected chi connectivity index (χ1v) is 9.67. The minimum Gasteiger partial charge on any atom is -0.309 e. The number of hydrogen-bond acceptors (Lipinski definition) is 4. The Morgan fingerprint density at radius 2 is 2.15 bits per heavy atom. The van der Waals surface area contributed by atoms with Crippen LogP contribution in [0.4, 0.5) is 0 Å². The second kappa shape index (κ2) is 5.75. The van der Waals surface area contributed by atoms with Gasteiger partial charge in [0.15, 0.2) is 0 Å². The van der Waals surface area contributed by atoms with Crippen LogP contribution in [0.2, 0.25) is 0 Å². The summed E-state index contributed by atoms with van der Waals surface area (Å²) < 4.78 is 27.3. The number of nitrogens with one attached hydrogen (secondary N) is 1. The molecule has 1 N–H and O–H groups in total. The Morgan fingerprint density at radius 3 is 2.80 bits per heavy atom. The minimum absolute atomic E-state index is 0.502. The van der Waals surface area contributed by atoms with E-state index in [-0.39, 0.29) is 0 Å². The van der Waals surface area contributed by atoms with Gasteiger partial charge in [-0.25, -0.2) is 8.42 Å². The highest BCUT2D eigenvalue weighted by Gasteiger charge is 2.32. The Morgan fingerprint density at radius 1 is 1.35 bits per heavy atom. The third-order valence-corrected chi connectivity index (χ3v) is 7.62. The van der Waals surface area contributed by atoms with E-state index in [0.717, 1.165) is 24.3 Å². The maximum atomic E-state index is 12.6. The summed E-state index contributed by atoms with van der Waals surface area (Å²) in [5.74, 6) is 0.528. The van der Waals surface area contributed by atoms with Crippen LogP contribution in [0.25, 0.3) is 0 Å². The first-order chi connectivity index (χ1) is 9.59. The number of nitrogens with zero attached hydrogens (tertiary/aromatic N) is 1. The van der Waals surface area contributed by atoms with Gasteiger partial charge in [0.2, 0.25) is 0 Å². The standard InChI is InChI=1S/C14H22N2O2S2/c1-2-11-7-8-16(10-11)20(17,18)14-6-5-13(19-14)9-15-12-3-4-12/h5-6,11-12,15H,2-4,7-10H2,1H3. The first-order valence-electron chi connectivity index (χ1n) is 7.42. The lowest BCUT2D eigenvalue weighted by Crippen LogP contribution is -2.28. The Kier molecular flexibility index (Phi) is 4.17. The zero-order chi connectivity index (χ0) is 14.2. The average molecular weight is 314 g/mol. The van der Waals surface area contributed by atoms with Crippen molar-refractivity contribution in [2.45, 2.75) is 49.4 Å². The van der Waals surface area contributed by atoms with Crippen LogP contribution < -0.4 is 5.32 Å². The van der Waals surface area contributed by atoms with E-state index in [1.54, 1.807) is 10.4 Å². The molecular formula is C14H22N2O2S2. The maximum Gasteiger partial charge on any atom is 0.252 e. The van der Waals surface area contributed by atoms with Crippen molar-refractivity contribution in [3.63, 3.8) is 0 Å². The second-order valence-corrected chi connectivity index (χ2v) is 9.14. The topological polar surface area (TPSA) is 49.4 Å². The molecule has 3 rings (SSSR count). The summed E-state index contributed by atoms with van der Waals surface area (Å²) in [6.07, 6.45) is 4.57. The van der Waals surface area contributed by atoms with Crippen molar-refractivity contribution in [3.05, 3.63) is 17.0 Å². The molecule has 2 heterocycles. The Balaban J connectivity index is 1.67. The molecule has 2 fully saturated rings. The maximum absolute atomic E-state index is 12.6. The fourth-order valence-electron chi connectivity index (χ4n) is 2.60. The van der Waals surface area contributed by atoms with E-state index in [1.165, 1.54) is 24.2 Å². The van der Waals surface area contributed by atoms with Crippen molar-refractivity contribution in [1.29, 1.82) is 0 Å². The molecule has 0 radical (unpaired) electrons. The molecule has 0 spiro atoms. The molecule has 0 aromatic carbocycles. The van der Waals surface area contributed by atoms with Crippen molar-refractivity contribution >= 4 is 21.4 Å². The van der Waals surface area contributed by atoms with Crippen molar-refractivity contribution in [3.8, 4) is 0 Å². The van der Waals surface area contributed by atoms with Gasteiger partial charge in [-0.3, -0.25) is 0 Å². The van der Waals surface area contributed by atoms with E-state index in [9.17, 15) is 8.42 Å². The molecule has 1 unspecified atom stereocenters. The van der Waals surface area contributed by atoms with Gasteiger partial charge in [-0.15, -0.1) is 11.3 Å². The number of sulfonamides is 1. The quantitative estimate of drug-likeness (QED) is 0.877. The summed E-state index contributed by atoms with van der Waals surface area (Å²) in [6, 6.07) is 4.37. The summed E-state index contributed by atoms with van der Waals surface area (Å²) in [6.45, 7) is 4.29. The Bertz CT molecular complexity index is 563. The van der Waals surface area contributed by atoms with Crippen LogP contribution in [0, 0.1) is 5.92 Å². The molecule has 1 aliphatic heterocycles. The van der Waals surface area contributed by atoms with E-state index in [0.29, 0.717) is 29.3 Å². The van der Waals surface area contributed by atoms with Gasteiger partial charge in [-0.05, 0) is 37.3 Å². The van der Waals surface area contributed by atoms with Gasteiger partial charge in [-0.2, -0.15) is 4.31 Å². The monoisotopic (exact) mass is 314 g/mol. The highest BCUT2D eigenvalue weighted by molar-refractivity contribution is 7.91. The summed E-state index contributed by atoms with van der Waals surface area (Å²) in [5, 5.41) is 3.43. The molecule has 1 saturated carbocycles. The van der Waals surface area contributed by atoms with Gasteiger partial charge in [0.1, 0.15) is 4.21 Å². The molecule has 1 aromatic rings. The van der Waals surface area contributed by atoms with Gasteiger partial charge in [0.25, 0.3) is 10.0 Å². The van der Waals surface area contributed by atoms with Crippen molar-refractivity contribution in [2.24, 2.45) is 5.92 Å². The SMILES string of the molecule is CCC1CCN(S(=O)(=O)c2ccc(CNC3CC3)s2)C1. The fourth-order valence-corrected chi connectivity index (χ4v) is 5.59. The predicted octanol–water partition coefficient (Wildman–Crippen LogP) is 2.42. The summed E-state index contributed by atoms with van der Waals surface area (Å²) in [5.41, 5.74) is 0. The molecule has 1 saturated heterocycles. The fraction of sp³-hybridized carbons (Fsp3) is 0.714. The van der Waals surface area contributed by atoms with Gasteiger partial charge in [-0.1, -0.05) is 13.3 Å². The van der Waals surface area contributed by atoms with Crippen LogP contribution in [-0.2, 0) is 16.6 Å². The van der Waals surface area contributed by atoms with Crippen LogP contribution in [0.1, 0.15) is 37.5 Å². The van der Waals surface area contributed by atoms with Gasteiger partial charge < -0.3 is 5.32 Å². The molecule has 112 valence electrons. The summed E-state index contributed by atoms with van der Waals surface area (Å²) >= 11 is 1.41. The van der Waals surface area contributed by atoms with E-state index in [1.807, 2.05) is 6.07 Å². The third kappa shape index (κ3) is 3.08. The first kappa shape index (κ1) is 14.5. The lowest BCUT2D eigenvalue weighted by Gasteiger charge is -2.14. The number of hydrogen-bond donors (Lipinski definition) is 1. The van der Waals surface area contributed by atoms with Gasteiger partial charge >= 0.3 is 0 Å². The molecule has 6 heteroatoms. The highest BCUT2D eigenvalue weighted by atomic mass is 32.2. The molecule has 1 atom stereocenters. The highest BCUT2D eigenvalue weighted by Crippen LogP contribution is 2.30. The van der Waals surface area contributed by atoms with E-state index in [4.69, 9.17) is 0 Å². The van der Waals surface area contributed by atoms with Crippen LogP contribution >= 0.6 is 11.3 Å². The molecule has 1 aliphatic carbocycles. The van der Waals surface area contributed by atoms with Crippen LogP contribution in [-0.4, -0.2) is 31.9 Å². The second-order valence-electron chi connectivity index (χ2n) is 5.80. The van der Waals surface area contributed by atoms with Gasteiger partial charge in [0, 0.05) is 30.6 Å². The van der Waals surface area contributed by atoms with Crippen LogP contribution in [0.3, 0.4) is 0 Å². The summed E-state index contributed by atoms with van der Waals surface area (Å²) in [4.78, 5) is 1.11. The molecule has 4 nitrogen and oxygen atoms in total. The smallest absolute Gasteiger partial charge is 0.252 e. The molecule has 0 amide bonds. The molecule has 0 bridgehead atoms. The van der Waals surface area contributed by atoms with E-state index in [2.05, 4.69) is 12.2 Å². The average Bonchev–Trinajstić information content (AvgIpc) is 2.96. The lowest BCUT2D eigenvalue weighted by molar-refractivity contribution is 0.454. The van der Waals surface area contributed by atoms with Crippen LogP contribution in [0.15, 0.2) is 16.3 Å². The van der Waals surface area contributed by atoms with Crippen LogP contribution in [0.5, 0.6) is 0 Å². The zero-order valence-electron chi connectivity index (χ0n) is 11.8. The predicted molar refractivity (Wildman–Crippen MR) is 81.3 cm³/mol. The van der Waals surface area contributed by atoms with E-state index >= 15 is 0 Å². The minimum atomic E-state index is -3.26. The molecular weight excluding hydrogens is 292 g/mol. The number of thiophene rings is 1. The largest absolute Gasteiger partial charge is 0.309 e. The summed E-state index contributed by atoms with van der Waals surface area (Å²) in [7, 11) is -3.26. The zero-order valence-corrected chi connectivity index (χ0v) is 13.5. The van der Waals surface area contributed by atoms with Gasteiger partial charge in [0.05, 0.1) is 0 Å². The third-order valence-electron chi connectivity index (χ3n) is 4.20. The Hall–Kier alpha value is -0.430. The number of rotatable bonds is 6. The van der Waals surface area contributed by atoms with Crippen molar-refractivity contribution in [2.75, 3.05) is 13.1 Å². The lowest BCUT2D eigenvalue weighted by atomic mass is 10.1. The normalized spacial score (nSPS) is 24.4. The Labute approximate surface area is 125 Å².